The third-order valence-corrected chi connectivity index (χ3v) is 3.46. The van der Waals surface area contributed by atoms with Crippen molar-refractivity contribution in [1.29, 1.82) is 0 Å². The molecule has 28 heavy (non-hydrogen) atoms. The van der Waals surface area contributed by atoms with Crippen molar-refractivity contribution in [1.82, 2.24) is 25.3 Å². The second-order valence-corrected chi connectivity index (χ2v) is 5.47. The van der Waals surface area contributed by atoms with E-state index in [1.165, 1.54) is 36.8 Å². The van der Waals surface area contributed by atoms with Crippen molar-refractivity contribution in [3.63, 3.8) is 0 Å². The summed E-state index contributed by atoms with van der Waals surface area (Å²) in [5.74, 6) is -2.02. The monoisotopic (exact) mass is 392 g/mol. The van der Waals surface area contributed by atoms with Crippen LogP contribution >= 0.6 is 0 Å². The van der Waals surface area contributed by atoms with E-state index in [4.69, 9.17) is 0 Å². The third kappa shape index (κ3) is 4.75. The lowest BCUT2D eigenvalue weighted by Gasteiger charge is -2.13. The molecule has 11 heteroatoms. The van der Waals surface area contributed by atoms with E-state index in [0.717, 1.165) is 12.3 Å². The average molecular weight is 392 g/mol. The number of hydrogen-bond acceptors (Lipinski definition) is 6. The number of rotatable bonds is 5. The van der Waals surface area contributed by atoms with E-state index in [0.29, 0.717) is 5.69 Å². The van der Waals surface area contributed by atoms with Gasteiger partial charge in [-0.15, -0.1) is 0 Å². The highest BCUT2D eigenvalue weighted by Crippen LogP contribution is 2.31. The fourth-order valence-corrected chi connectivity index (χ4v) is 2.21. The number of alkyl halides is 3. The fraction of sp³-hybridized carbons (Fsp3) is 0.118. The summed E-state index contributed by atoms with van der Waals surface area (Å²) in [6.07, 6.45) is -1.46. The van der Waals surface area contributed by atoms with Gasteiger partial charge in [0, 0.05) is 18.1 Å². The second kappa shape index (κ2) is 7.94. The molecule has 0 radical (unpaired) electrons. The van der Waals surface area contributed by atoms with Crippen LogP contribution in [0.4, 0.5) is 29.2 Å². The van der Waals surface area contributed by atoms with E-state index in [-0.39, 0.29) is 12.2 Å². The van der Waals surface area contributed by atoms with Crippen LogP contribution in [0.3, 0.4) is 0 Å². The van der Waals surface area contributed by atoms with Crippen molar-refractivity contribution < 1.29 is 22.4 Å². The number of nitrogens with one attached hydrogen (secondary N) is 2. The zero-order chi connectivity index (χ0) is 20.1. The Labute approximate surface area is 155 Å². The number of aromatic nitrogens is 4. The summed E-state index contributed by atoms with van der Waals surface area (Å²) in [6, 6.07) is 6.56. The lowest BCUT2D eigenvalue weighted by atomic mass is 10.2. The molecule has 0 aliphatic carbocycles. The molecule has 0 spiro atoms. The molecule has 3 aromatic rings. The van der Waals surface area contributed by atoms with E-state index in [1.807, 2.05) is 0 Å². The van der Waals surface area contributed by atoms with Crippen LogP contribution in [0.15, 0.2) is 49.1 Å². The van der Waals surface area contributed by atoms with Gasteiger partial charge in [0.05, 0.1) is 17.8 Å². The summed E-state index contributed by atoms with van der Waals surface area (Å²) >= 11 is 0. The Morgan fingerprint density at radius 1 is 1.14 bits per heavy atom. The van der Waals surface area contributed by atoms with E-state index in [2.05, 4.69) is 30.6 Å². The Morgan fingerprint density at radius 3 is 2.64 bits per heavy atom. The highest BCUT2D eigenvalue weighted by atomic mass is 19.4. The number of nitrogens with zero attached hydrogens (tertiary/aromatic N) is 4. The van der Waals surface area contributed by atoms with Gasteiger partial charge in [0.2, 0.25) is 5.95 Å². The van der Waals surface area contributed by atoms with Gasteiger partial charge in [-0.25, -0.2) is 24.3 Å². The third-order valence-electron chi connectivity index (χ3n) is 3.46. The highest BCUT2D eigenvalue weighted by molar-refractivity contribution is 5.95. The molecule has 0 aliphatic heterocycles. The Kier molecular flexibility index (Phi) is 5.43. The van der Waals surface area contributed by atoms with Crippen molar-refractivity contribution in [2.24, 2.45) is 0 Å². The van der Waals surface area contributed by atoms with E-state index < -0.39 is 35.1 Å². The maximum Gasteiger partial charge on any atom is 0.434 e. The van der Waals surface area contributed by atoms with Crippen LogP contribution in [0.5, 0.6) is 0 Å². The van der Waals surface area contributed by atoms with Crippen LogP contribution in [0.1, 0.15) is 21.7 Å². The smallest absolute Gasteiger partial charge is 0.346 e. The first-order valence-corrected chi connectivity index (χ1v) is 7.83. The number of carbonyl (C=O) groups excluding carboxylic acids is 1. The van der Waals surface area contributed by atoms with Crippen molar-refractivity contribution in [3.8, 4) is 0 Å². The molecule has 2 N–H and O–H groups in total. The molecule has 2 heterocycles. The number of anilines is 2. The molecular weight excluding hydrogens is 380 g/mol. The number of halogens is 4. The van der Waals surface area contributed by atoms with Crippen molar-refractivity contribution in [2.75, 3.05) is 5.32 Å². The number of amides is 1. The number of carbonyl (C=O) groups is 1. The van der Waals surface area contributed by atoms with Crippen molar-refractivity contribution >= 4 is 17.5 Å². The lowest BCUT2D eigenvalue weighted by molar-refractivity contribution is -0.141. The molecule has 3 rings (SSSR count). The molecule has 0 bridgehead atoms. The molecule has 2 aromatic heterocycles. The van der Waals surface area contributed by atoms with E-state index in [1.54, 1.807) is 0 Å². The maximum atomic E-state index is 13.4. The SMILES string of the molecule is O=C(NCc1ccncn1)c1cnc(Nc2cccc(F)c2)nc1C(F)(F)F. The van der Waals surface area contributed by atoms with Crippen molar-refractivity contribution in [3.05, 3.63) is 71.8 Å². The quantitative estimate of drug-likeness (QED) is 0.649. The summed E-state index contributed by atoms with van der Waals surface area (Å²) in [4.78, 5) is 26.9. The zero-order valence-corrected chi connectivity index (χ0v) is 14.0. The molecule has 0 atom stereocenters. The Bertz CT molecular complexity index is 981. The van der Waals surface area contributed by atoms with E-state index >= 15 is 0 Å². The number of benzene rings is 1. The largest absolute Gasteiger partial charge is 0.434 e. The fourth-order valence-electron chi connectivity index (χ4n) is 2.21. The molecule has 0 aliphatic rings. The molecular formula is C17H12F4N6O. The van der Waals surface area contributed by atoms with Crippen LogP contribution in [-0.2, 0) is 12.7 Å². The van der Waals surface area contributed by atoms with Crippen molar-refractivity contribution in [2.45, 2.75) is 12.7 Å². The first-order valence-electron chi connectivity index (χ1n) is 7.83. The van der Waals surface area contributed by atoms with Gasteiger partial charge in [0.15, 0.2) is 5.69 Å². The molecule has 0 saturated heterocycles. The topological polar surface area (TPSA) is 92.7 Å². The minimum atomic E-state index is -4.90. The second-order valence-electron chi connectivity index (χ2n) is 5.47. The van der Waals surface area contributed by atoms with Gasteiger partial charge in [-0.1, -0.05) is 6.07 Å². The normalized spacial score (nSPS) is 11.1. The van der Waals surface area contributed by atoms with Gasteiger partial charge in [0.25, 0.3) is 5.91 Å². The van der Waals surface area contributed by atoms with Gasteiger partial charge < -0.3 is 10.6 Å². The van der Waals surface area contributed by atoms with Gasteiger partial charge in [-0.2, -0.15) is 13.2 Å². The minimum Gasteiger partial charge on any atom is -0.346 e. The summed E-state index contributed by atoms with van der Waals surface area (Å²) in [7, 11) is 0. The van der Waals surface area contributed by atoms with Gasteiger partial charge in [0.1, 0.15) is 12.1 Å². The summed E-state index contributed by atoms with van der Waals surface area (Å²) in [6.45, 7) is -0.0953. The lowest BCUT2D eigenvalue weighted by Crippen LogP contribution is -2.27. The molecule has 1 aromatic carbocycles. The first kappa shape index (κ1) is 19.1. The predicted molar refractivity (Wildman–Crippen MR) is 89.9 cm³/mol. The molecule has 1 amide bonds. The van der Waals surface area contributed by atoms with Crippen LogP contribution in [0.25, 0.3) is 0 Å². The van der Waals surface area contributed by atoms with Gasteiger partial charge in [-0.05, 0) is 24.3 Å². The van der Waals surface area contributed by atoms with Crippen LogP contribution < -0.4 is 10.6 Å². The average Bonchev–Trinajstić information content (AvgIpc) is 2.66. The standard InChI is InChI=1S/C17H12F4N6O/c18-10-2-1-3-11(6-10)26-16-24-8-13(14(27-16)17(19,20)21)15(28)23-7-12-4-5-22-9-25-12/h1-6,8-9H,7H2,(H,23,28)(H,24,26,27). The molecule has 144 valence electrons. The van der Waals surface area contributed by atoms with Crippen LogP contribution in [-0.4, -0.2) is 25.8 Å². The van der Waals surface area contributed by atoms with Crippen LogP contribution in [0.2, 0.25) is 0 Å². The molecule has 0 saturated carbocycles. The first-order chi connectivity index (χ1) is 13.3. The molecule has 0 fully saturated rings. The highest BCUT2D eigenvalue weighted by Gasteiger charge is 2.38. The Balaban J connectivity index is 1.83. The zero-order valence-electron chi connectivity index (χ0n) is 14.0. The predicted octanol–water partition coefficient (Wildman–Crippen LogP) is 3.10. The summed E-state index contributed by atoms with van der Waals surface area (Å²) in [5, 5.41) is 4.80. The Hall–Kier alpha value is -3.63. The molecule has 7 nitrogen and oxygen atoms in total. The van der Waals surface area contributed by atoms with E-state index in [9.17, 15) is 22.4 Å². The maximum absolute atomic E-state index is 13.4. The van der Waals surface area contributed by atoms with Gasteiger partial charge in [-0.3, -0.25) is 4.79 Å². The molecule has 0 unspecified atom stereocenters. The van der Waals surface area contributed by atoms with Crippen LogP contribution in [0, 0.1) is 5.82 Å². The number of hydrogen-bond donors (Lipinski definition) is 2. The summed E-state index contributed by atoms with van der Waals surface area (Å²) < 4.78 is 53.3. The van der Waals surface area contributed by atoms with Gasteiger partial charge >= 0.3 is 6.18 Å². The minimum absolute atomic E-state index is 0.0953. The summed E-state index contributed by atoms with van der Waals surface area (Å²) in [5.41, 5.74) is -1.58. The Morgan fingerprint density at radius 2 is 1.96 bits per heavy atom.